The lowest BCUT2D eigenvalue weighted by atomic mass is 10.1. The predicted octanol–water partition coefficient (Wildman–Crippen LogP) is 2.47. The number of thiophene rings is 1. The standard InChI is InChI=1S/C11H18O2S/c1-9(13-2)5-6-10(12)8-11-4-3-7-14-11/h3-4,7,9-10,12H,5-6,8H2,1-2H3. The molecule has 1 heterocycles. The number of aliphatic hydroxyl groups excluding tert-OH is 1. The molecule has 1 rings (SSSR count). The average Bonchev–Trinajstić information content (AvgIpc) is 2.66. The summed E-state index contributed by atoms with van der Waals surface area (Å²) in [6.45, 7) is 2.03. The van der Waals surface area contributed by atoms with E-state index in [2.05, 4.69) is 6.07 Å². The first-order valence-corrected chi connectivity index (χ1v) is 5.83. The first-order chi connectivity index (χ1) is 6.72. The Morgan fingerprint density at radius 1 is 1.50 bits per heavy atom. The van der Waals surface area contributed by atoms with Crippen molar-refractivity contribution in [3.63, 3.8) is 0 Å². The van der Waals surface area contributed by atoms with Crippen LogP contribution in [0, 0.1) is 0 Å². The van der Waals surface area contributed by atoms with E-state index in [0.29, 0.717) is 0 Å². The maximum Gasteiger partial charge on any atom is 0.0589 e. The monoisotopic (exact) mass is 214 g/mol. The second-order valence-corrected chi connectivity index (χ2v) is 4.59. The first-order valence-electron chi connectivity index (χ1n) is 4.95. The minimum atomic E-state index is -0.230. The quantitative estimate of drug-likeness (QED) is 0.788. The largest absolute Gasteiger partial charge is 0.393 e. The highest BCUT2D eigenvalue weighted by Crippen LogP contribution is 2.14. The van der Waals surface area contributed by atoms with Crippen molar-refractivity contribution in [2.24, 2.45) is 0 Å². The zero-order chi connectivity index (χ0) is 10.4. The molecule has 0 aliphatic heterocycles. The van der Waals surface area contributed by atoms with Gasteiger partial charge in [0.2, 0.25) is 0 Å². The van der Waals surface area contributed by atoms with Crippen LogP contribution < -0.4 is 0 Å². The van der Waals surface area contributed by atoms with Crippen LogP contribution in [-0.4, -0.2) is 24.4 Å². The van der Waals surface area contributed by atoms with Crippen molar-refractivity contribution in [3.05, 3.63) is 22.4 Å². The molecule has 0 fully saturated rings. The fraction of sp³-hybridized carbons (Fsp3) is 0.636. The van der Waals surface area contributed by atoms with Crippen LogP contribution in [0.15, 0.2) is 17.5 Å². The van der Waals surface area contributed by atoms with E-state index in [1.165, 1.54) is 4.88 Å². The molecule has 0 aromatic carbocycles. The van der Waals surface area contributed by atoms with Gasteiger partial charge in [0.1, 0.15) is 0 Å². The van der Waals surface area contributed by atoms with E-state index in [0.717, 1.165) is 19.3 Å². The number of rotatable bonds is 6. The van der Waals surface area contributed by atoms with Gasteiger partial charge in [-0.05, 0) is 31.2 Å². The Bertz CT molecular complexity index is 233. The van der Waals surface area contributed by atoms with Gasteiger partial charge in [0.25, 0.3) is 0 Å². The van der Waals surface area contributed by atoms with E-state index < -0.39 is 0 Å². The third-order valence-electron chi connectivity index (χ3n) is 2.33. The number of aliphatic hydroxyl groups is 1. The number of ether oxygens (including phenoxy) is 1. The van der Waals surface area contributed by atoms with Gasteiger partial charge in [-0.1, -0.05) is 6.07 Å². The topological polar surface area (TPSA) is 29.5 Å². The number of methoxy groups -OCH3 is 1. The number of hydrogen-bond acceptors (Lipinski definition) is 3. The van der Waals surface area contributed by atoms with Crippen LogP contribution in [-0.2, 0) is 11.2 Å². The van der Waals surface area contributed by atoms with Gasteiger partial charge in [-0.3, -0.25) is 0 Å². The van der Waals surface area contributed by atoms with Gasteiger partial charge in [-0.2, -0.15) is 0 Å². The molecule has 0 bridgehead atoms. The SMILES string of the molecule is COC(C)CCC(O)Cc1cccs1. The Kier molecular flexibility index (Phi) is 5.15. The van der Waals surface area contributed by atoms with Crippen LogP contribution in [0.2, 0.25) is 0 Å². The van der Waals surface area contributed by atoms with Gasteiger partial charge in [0, 0.05) is 18.4 Å². The summed E-state index contributed by atoms with van der Waals surface area (Å²) in [4.78, 5) is 1.25. The maximum absolute atomic E-state index is 9.72. The molecule has 80 valence electrons. The maximum atomic E-state index is 9.72. The molecule has 1 aromatic rings. The molecule has 2 atom stereocenters. The smallest absolute Gasteiger partial charge is 0.0589 e. The van der Waals surface area contributed by atoms with Gasteiger partial charge >= 0.3 is 0 Å². The lowest BCUT2D eigenvalue weighted by Gasteiger charge is -2.12. The Morgan fingerprint density at radius 3 is 2.86 bits per heavy atom. The number of hydrogen-bond donors (Lipinski definition) is 1. The molecule has 0 radical (unpaired) electrons. The zero-order valence-corrected chi connectivity index (χ0v) is 9.59. The molecule has 1 N–H and O–H groups in total. The normalized spacial score (nSPS) is 15.4. The molecular weight excluding hydrogens is 196 g/mol. The van der Waals surface area contributed by atoms with E-state index in [1.807, 2.05) is 18.4 Å². The molecule has 0 aliphatic rings. The summed E-state index contributed by atoms with van der Waals surface area (Å²) in [5.41, 5.74) is 0. The van der Waals surface area contributed by atoms with Crippen LogP contribution in [0.4, 0.5) is 0 Å². The van der Waals surface area contributed by atoms with Crippen molar-refractivity contribution in [2.75, 3.05) is 7.11 Å². The van der Waals surface area contributed by atoms with E-state index in [1.54, 1.807) is 18.4 Å². The zero-order valence-electron chi connectivity index (χ0n) is 8.77. The van der Waals surface area contributed by atoms with Gasteiger partial charge in [0.15, 0.2) is 0 Å². The van der Waals surface area contributed by atoms with E-state index in [-0.39, 0.29) is 12.2 Å². The fourth-order valence-corrected chi connectivity index (χ4v) is 2.09. The van der Waals surface area contributed by atoms with E-state index in [9.17, 15) is 5.11 Å². The minimum absolute atomic E-state index is 0.230. The summed E-state index contributed by atoms with van der Waals surface area (Å²) in [6.07, 6.45) is 2.52. The van der Waals surface area contributed by atoms with Crippen LogP contribution in [0.5, 0.6) is 0 Å². The van der Waals surface area contributed by atoms with Gasteiger partial charge in [-0.25, -0.2) is 0 Å². The third kappa shape index (κ3) is 4.22. The predicted molar refractivity (Wildman–Crippen MR) is 59.7 cm³/mol. The van der Waals surface area contributed by atoms with E-state index >= 15 is 0 Å². The van der Waals surface area contributed by atoms with Crippen LogP contribution in [0.1, 0.15) is 24.6 Å². The summed E-state index contributed by atoms with van der Waals surface area (Å²) in [5, 5.41) is 11.8. The van der Waals surface area contributed by atoms with Gasteiger partial charge in [-0.15, -0.1) is 11.3 Å². The molecule has 14 heavy (non-hydrogen) atoms. The highest BCUT2D eigenvalue weighted by molar-refractivity contribution is 7.09. The Balaban J connectivity index is 2.19. The lowest BCUT2D eigenvalue weighted by Crippen LogP contribution is -2.14. The van der Waals surface area contributed by atoms with Crippen molar-refractivity contribution in [2.45, 2.75) is 38.4 Å². The first kappa shape index (κ1) is 11.7. The molecule has 3 heteroatoms. The van der Waals surface area contributed by atoms with Gasteiger partial charge in [0.05, 0.1) is 12.2 Å². The lowest BCUT2D eigenvalue weighted by molar-refractivity contribution is 0.0854. The average molecular weight is 214 g/mol. The second kappa shape index (κ2) is 6.17. The van der Waals surface area contributed by atoms with Gasteiger partial charge < -0.3 is 9.84 Å². The molecule has 0 saturated heterocycles. The molecule has 2 nitrogen and oxygen atoms in total. The van der Waals surface area contributed by atoms with Crippen LogP contribution >= 0.6 is 11.3 Å². The molecule has 2 unspecified atom stereocenters. The third-order valence-corrected chi connectivity index (χ3v) is 3.22. The van der Waals surface area contributed by atoms with E-state index in [4.69, 9.17) is 4.74 Å². The van der Waals surface area contributed by atoms with Crippen LogP contribution in [0.25, 0.3) is 0 Å². The van der Waals surface area contributed by atoms with Crippen molar-refractivity contribution in [3.8, 4) is 0 Å². The fourth-order valence-electron chi connectivity index (χ4n) is 1.31. The summed E-state index contributed by atoms with van der Waals surface area (Å²) in [6, 6.07) is 4.08. The van der Waals surface area contributed by atoms with Crippen molar-refractivity contribution in [1.82, 2.24) is 0 Å². The Hall–Kier alpha value is -0.380. The summed E-state index contributed by atoms with van der Waals surface area (Å²) >= 11 is 1.70. The Labute approximate surface area is 89.5 Å². The molecular formula is C11H18O2S. The molecule has 0 spiro atoms. The van der Waals surface area contributed by atoms with Crippen molar-refractivity contribution < 1.29 is 9.84 Å². The van der Waals surface area contributed by atoms with Crippen molar-refractivity contribution in [1.29, 1.82) is 0 Å². The molecule has 1 aromatic heterocycles. The second-order valence-electron chi connectivity index (χ2n) is 3.56. The minimum Gasteiger partial charge on any atom is -0.393 e. The summed E-state index contributed by atoms with van der Waals surface area (Å²) in [5.74, 6) is 0. The van der Waals surface area contributed by atoms with Crippen molar-refractivity contribution >= 4 is 11.3 Å². The Morgan fingerprint density at radius 2 is 2.29 bits per heavy atom. The molecule has 0 amide bonds. The summed E-state index contributed by atoms with van der Waals surface area (Å²) < 4.78 is 5.13. The molecule has 0 aliphatic carbocycles. The highest BCUT2D eigenvalue weighted by atomic mass is 32.1. The molecule has 0 saturated carbocycles. The van der Waals surface area contributed by atoms with Crippen LogP contribution in [0.3, 0.4) is 0 Å². The highest BCUT2D eigenvalue weighted by Gasteiger charge is 2.08. The summed E-state index contributed by atoms with van der Waals surface area (Å²) in [7, 11) is 1.70.